The Morgan fingerprint density at radius 1 is 1.42 bits per heavy atom. The standard InChI is InChI=1S/C12H19N3O3S/c1-8(16)15-5-2-3-12(15)4-6-14(11(12)18)9(7-19)10(13)17/h9,19H,2-7H2,1H3,(H2,13,17)/t9-,12?/m0/s1. The van der Waals surface area contributed by atoms with E-state index >= 15 is 0 Å². The molecule has 2 aliphatic heterocycles. The van der Waals surface area contributed by atoms with Gasteiger partial charge in [0.1, 0.15) is 11.6 Å². The van der Waals surface area contributed by atoms with Crippen LogP contribution < -0.4 is 5.73 Å². The number of carbonyl (C=O) groups excluding carboxylic acids is 3. The summed E-state index contributed by atoms with van der Waals surface area (Å²) >= 11 is 4.09. The first-order valence-corrected chi connectivity index (χ1v) is 7.07. The zero-order valence-corrected chi connectivity index (χ0v) is 11.9. The highest BCUT2D eigenvalue weighted by molar-refractivity contribution is 7.80. The Bertz CT molecular complexity index is 428. The first kappa shape index (κ1) is 14.2. The maximum atomic E-state index is 12.6. The topological polar surface area (TPSA) is 83.7 Å². The van der Waals surface area contributed by atoms with Gasteiger partial charge in [-0.2, -0.15) is 12.6 Å². The molecular weight excluding hydrogens is 266 g/mol. The summed E-state index contributed by atoms with van der Waals surface area (Å²) < 4.78 is 0. The molecule has 6 nitrogen and oxygen atoms in total. The van der Waals surface area contributed by atoms with Crippen LogP contribution in [0.4, 0.5) is 0 Å². The number of likely N-dealkylation sites (tertiary alicyclic amines) is 2. The van der Waals surface area contributed by atoms with Gasteiger partial charge in [0.25, 0.3) is 0 Å². The summed E-state index contributed by atoms with van der Waals surface area (Å²) in [5, 5.41) is 0. The molecule has 0 aromatic carbocycles. The summed E-state index contributed by atoms with van der Waals surface area (Å²) in [5.41, 5.74) is 4.56. The summed E-state index contributed by atoms with van der Waals surface area (Å²) in [6, 6.07) is -0.690. The fourth-order valence-electron chi connectivity index (χ4n) is 3.24. The molecule has 19 heavy (non-hydrogen) atoms. The quantitative estimate of drug-likeness (QED) is 0.678. The summed E-state index contributed by atoms with van der Waals surface area (Å²) in [5.74, 6) is -0.586. The van der Waals surface area contributed by atoms with Gasteiger partial charge in [-0.15, -0.1) is 0 Å². The van der Waals surface area contributed by atoms with Gasteiger partial charge >= 0.3 is 0 Å². The fraction of sp³-hybridized carbons (Fsp3) is 0.750. The Labute approximate surface area is 117 Å². The van der Waals surface area contributed by atoms with Crippen molar-refractivity contribution in [3.63, 3.8) is 0 Å². The maximum Gasteiger partial charge on any atom is 0.249 e. The molecule has 2 atom stereocenters. The second-order valence-electron chi connectivity index (χ2n) is 5.16. The van der Waals surface area contributed by atoms with Crippen LogP contribution in [0.1, 0.15) is 26.2 Å². The van der Waals surface area contributed by atoms with Crippen LogP contribution in [0.2, 0.25) is 0 Å². The zero-order valence-electron chi connectivity index (χ0n) is 11.0. The van der Waals surface area contributed by atoms with Crippen LogP contribution >= 0.6 is 12.6 Å². The molecule has 0 aromatic rings. The summed E-state index contributed by atoms with van der Waals surface area (Å²) in [7, 11) is 0. The maximum absolute atomic E-state index is 12.6. The minimum Gasteiger partial charge on any atom is -0.368 e. The number of nitrogens with zero attached hydrogens (tertiary/aromatic N) is 2. The largest absolute Gasteiger partial charge is 0.368 e. The average Bonchev–Trinajstić information content (AvgIpc) is 2.90. The van der Waals surface area contributed by atoms with Gasteiger partial charge < -0.3 is 15.5 Å². The van der Waals surface area contributed by atoms with Gasteiger partial charge in [-0.05, 0) is 19.3 Å². The lowest BCUT2D eigenvalue weighted by atomic mass is 9.94. The molecule has 2 heterocycles. The van der Waals surface area contributed by atoms with E-state index in [-0.39, 0.29) is 17.6 Å². The van der Waals surface area contributed by atoms with Gasteiger partial charge in [0, 0.05) is 25.8 Å². The van der Waals surface area contributed by atoms with Gasteiger partial charge in [0.15, 0.2) is 0 Å². The van der Waals surface area contributed by atoms with Crippen molar-refractivity contribution in [2.24, 2.45) is 5.73 Å². The molecule has 3 amide bonds. The predicted molar refractivity (Wildman–Crippen MR) is 72.5 cm³/mol. The van der Waals surface area contributed by atoms with Gasteiger partial charge in [0.2, 0.25) is 17.7 Å². The third kappa shape index (κ3) is 2.09. The highest BCUT2D eigenvalue weighted by atomic mass is 32.1. The van der Waals surface area contributed by atoms with E-state index in [0.29, 0.717) is 25.9 Å². The van der Waals surface area contributed by atoms with Crippen LogP contribution in [0.3, 0.4) is 0 Å². The molecule has 106 valence electrons. The number of rotatable bonds is 3. The molecule has 1 spiro atoms. The molecule has 2 saturated heterocycles. The van der Waals surface area contributed by atoms with Gasteiger partial charge in [-0.25, -0.2) is 0 Å². The first-order chi connectivity index (χ1) is 8.94. The Kier molecular flexibility index (Phi) is 3.75. The van der Waals surface area contributed by atoms with Crippen molar-refractivity contribution in [1.29, 1.82) is 0 Å². The van der Waals surface area contributed by atoms with E-state index < -0.39 is 17.5 Å². The third-order valence-corrected chi connectivity index (χ3v) is 4.52. The molecule has 0 saturated carbocycles. The second kappa shape index (κ2) is 5.03. The number of amides is 3. The molecular formula is C12H19N3O3S. The number of hydrogen-bond donors (Lipinski definition) is 2. The summed E-state index contributed by atoms with van der Waals surface area (Å²) in [6.07, 6.45) is 2.06. The molecule has 2 rings (SSSR count). The van der Waals surface area contributed by atoms with Crippen molar-refractivity contribution in [3.8, 4) is 0 Å². The van der Waals surface area contributed by atoms with E-state index in [0.717, 1.165) is 6.42 Å². The highest BCUT2D eigenvalue weighted by Crippen LogP contribution is 2.39. The lowest BCUT2D eigenvalue weighted by Gasteiger charge is -2.33. The van der Waals surface area contributed by atoms with Crippen molar-refractivity contribution in [3.05, 3.63) is 0 Å². The number of primary amides is 1. The SMILES string of the molecule is CC(=O)N1CCCC12CCN([C@@H](CS)C(N)=O)C2=O. The number of carbonyl (C=O) groups is 3. The number of thiol groups is 1. The van der Waals surface area contributed by atoms with Gasteiger partial charge in [-0.3, -0.25) is 14.4 Å². The molecule has 0 aromatic heterocycles. The van der Waals surface area contributed by atoms with Crippen molar-refractivity contribution in [1.82, 2.24) is 9.80 Å². The zero-order chi connectivity index (χ0) is 14.2. The van der Waals surface area contributed by atoms with E-state index in [2.05, 4.69) is 12.6 Å². The lowest BCUT2D eigenvalue weighted by molar-refractivity contribution is -0.147. The van der Waals surface area contributed by atoms with Crippen LogP contribution in [0.25, 0.3) is 0 Å². The molecule has 7 heteroatoms. The third-order valence-electron chi connectivity index (χ3n) is 4.17. The normalized spacial score (nSPS) is 28.2. The molecule has 0 bridgehead atoms. The lowest BCUT2D eigenvalue weighted by Crippen LogP contribution is -2.55. The number of nitrogens with two attached hydrogens (primary N) is 1. The Morgan fingerprint density at radius 3 is 2.63 bits per heavy atom. The van der Waals surface area contributed by atoms with Crippen LogP contribution in [0, 0.1) is 0 Å². The van der Waals surface area contributed by atoms with E-state index in [9.17, 15) is 14.4 Å². The van der Waals surface area contributed by atoms with Crippen LogP contribution in [-0.4, -0.2) is 57.9 Å². The minimum atomic E-state index is -0.748. The van der Waals surface area contributed by atoms with Gasteiger partial charge in [-0.1, -0.05) is 0 Å². The second-order valence-corrected chi connectivity index (χ2v) is 5.52. The molecule has 0 radical (unpaired) electrons. The Balaban J connectivity index is 2.26. The first-order valence-electron chi connectivity index (χ1n) is 6.43. The predicted octanol–water partition coefficient (Wildman–Crippen LogP) is -0.616. The van der Waals surface area contributed by atoms with Crippen LogP contribution in [0.5, 0.6) is 0 Å². The fourth-order valence-corrected chi connectivity index (χ4v) is 3.62. The van der Waals surface area contributed by atoms with Crippen molar-refractivity contribution in [2.75, 3.05) is 18.8 Å². The van der Waals surface area contributed by atoms with Gasteiger partial charge in [0.05, 0.1) is 0 Å². The van der Waals surface area contributed by atoms with Crippen LogP contribution in [-0.2, 0) is 14.4 Å². The Morgan fingerprint density at radius 2 is 2.11 bits per heavy atom. The van der Waals surface area contributed by atoms with Crippen LogP contribution in [0.15, 0.2) is 0 Å². The molecule has 1 unspecified atom stereocenters. The Hall–Kier alpha value is -1.24. The molecule has 2 N–H and O–H groups in total. The molecule has 2 fully saturated rings. The van der Waals surface area contributed by atoms with Crippen molar-refractivity contribution >= 4 is 30.4 Å². The number of hydrogen-bond acceptors (Lipinski definition) is 4. The van der Waals surface area contributed by atoms with E-state index in [4.69, 9.17) is 5.73 Å². The van der Waals surface area contributed by atoms with Crippen molar-refractivity contribution < 1.29 is 14.4 Å². The summed E-state index contributed by atoms with van der Waals surface area (Å²) in [4.78, 5) is 38.8. The van der Waals surface area contributed by atoms with Crippen molar-refractivity contribution in [2.45, 2.75) is 37.8 Å². The minimum absolute atomic E-state index is 0.0887. The highest BCUT2D eigenvalue weighted by Gasteiger charge is 2.55. The smallest absolute Gasteiger partial charge is 0.249 e. The molecule has 0 aliphatic carbocycles. The summed E-state index contributed by atoms with van der Waals surface area (Å²) in [6.45, 7) is 2.54. The molecule has 2 aliphatic rings. The monoisotopic (exact) mass is 285 g/mol. The van der Waals surface area contributed by atoms with E-state index in [1.807, 2.05) is 0 Å². The van der Waals surface area contributed by atoms with E-state index in [1.54, 1.807) is 4.90 Å². The van der Waals surface area contributed by atoms with E-state index in [1.165, 1.54) is 11.8 Å². The average molecular weight is 285 g/mol.